The number of carbonyl (C=O) groups is 1. The van der Waals surface area contributed by atoms with Gasteiger partial charge in [0.1, 0.15) is 0 Å². The van der Waals surface area contributed by atoms with Crippen molar-refractivity contribution in [3.05, 3.63) is 34.5 Å². The molecule has 1 aromatic heterocycles. The van der Waals surface area contributed by atoms with Crippen LogP contribution in [0.4, 0.5) is 10.5 Å². The Morgan fingerprint density at radius 1 is 1.16 bits per heavy atom. The highest BCUT2D eigenvalue weighted by atomic mass is 32.1. The lowest BCUT2D eigenvalue weighted by molar-refractivity contribution is 0.209. The third kappa shape index (κ3) is 4.79. The van der Waals surface area contributed by atoms with Gasteiger partial charge in [0, 0.05) is 25.2 Å². The molecular formula is C18H24N2O4S. The average molecular weight is 364 g/mol. The monoisotopic (exact) mass is 364 g/mol. The molecule has 7 heteroatoms. The summed E-state index contributed by atoms with van der Waals surface area (Å²) in [5.41, 5.74) is 1.71. The van der Waals surface area contributed by atoms with Crippen LogP contribution in [-0.2, 0) is 6.54 Å². The van der Waals surface area contributed by atoms with Gasteiger partial charge in [-0.3, -0.25) is 0 Å². The molecular weight excluding hydrogens is 340 g/mol. The number of thiophene rings is 1. The number of carbonyl (C=O) groups excluding carboxylic acids is 1. The molecule has 1 aromatic carbocycles. The van der Waals surface area contributed by atoms with Crippen molar-refractivity contribution < 1.29 is 19.0 Å². The average Bonchev–Trinajstić information content (AvgIpc) is 3.13. The van der Waals surface area contributed by atoms with Crippen molar-refractivity contribution in [3.8, 4) is 17.2 Å². The number of benzene rings is 1. The molecule has 1 heterocycles. The summed E-state index contributed by atoms with van der Waals surface area (Å²) in [5.74, 6) is 1.49. The summed E-state index contributed by atoms with van der Waals surface area (Å²) >= 11 is 1.62. The molecule has 0 aliphatic rings. The van der Waals surface area contributed by atoms with Crippen LogP contribution < -0.4 is 19.5 Å². The normalized spacial score (nSPS) is 10.2. The van der Waals surface area contributed by atoms with Crippen molar-refractivity contribution in [2.75, 3.05) is 33.2 Å². The molecule has 0 bridgehead atoms. The van der Waals surface area contributed by atoms with E-state index in [1.54, 1.807) is 49.7 Å². The van der Waals surface area contributed by atoms with Crippen molar-refractivity contribution in [3.63, 3.8) is 0 Å². The molecule has 0 saturated carbocycles. The van der Waals surface area contributed by atoms with Crippen LogP contribution in [0.25, 0.3) is 0 Å². The van der Waals surface area contributed by atoms with Crippen molar-refractivity contribution in [2.45, 2.75) is 19.9 Å². The van der Waals surface area contributed by atoms with E-state index < -0.39 is 0 Å². The molecule has 0 aliphatic heterocycles. The van der Waals surface area contributed by atoms with E-state index in [-0.39, 0.29) is 6.03 Å². The minimum absolute atomic E-state index is 0.165. The molecule has 0 saturated heterocycles. The maximum absolute atomic E-state index is 12.7. The largest absolute Gasteiger partial charge is 0.493 e. The molecule has 2 aromatic rings. The van der Waals surface area contributed by atoms with Gasteiger partial charge in [-0.2, -0.15) is 11.3 Å². The molecule has 0 aliphatic carbocycles. The quantitative estimate of drug-likeness (QED) is 0.762. The fourth-order valence-electron chi connectivity index (χ4n) is 2.48. The van der Waals surface area contributed by atoms with Gasteiger partial charge in [-0.05, 0) is 28.8 Å². The van der Waals surface area contributed by atoms with Gasteiger partial charge in [-0.1, -0.05) is 6.92 Å². The Morgan fingerprint density at radius 3 is 2.32 bits per heavy atom. The van der Waals surface area contributed by atoms with Crippen molar-refractivity contribution >= 4 is 23.1 Å². The highest BCUT2D eigenvalue weighted by molar-refractivity contribution is 7.07. The van der Waals surface area contributed by atoms with Gasteiger partial charge in [-0.15, -0.1) is 0 Å². The van der Waals surface area contributed by atoms with Gasteiger partial charge in [0.05, 0.1) is 27.0 Å². The molecule has 136 valence electrons. The Balaban J connectivity index is 2.19. The number of rotatable bonds is 8. The van der Waals surface area contributed by atoms with Crippen molar-refractivity contribution in [1.29, 1.82) is 0 Å². The molecule has 0 radical (unpaired) electrons. The lowest BCUT2D eigenvalue weighted by Gasteiger charge is -2.23. The van der Waals surface area contributed by atoms with Crippen LogP contribution >= 0.6 is 11.3 Å². The van der Waals surface area contributed by atoms with Gasteiger partial charge in [0.15, 0.2) is 11.5 Å². The number of amides is 2. The first-order valence-corrected chi connectivity index (χ1v) is 8.94. The molecule has 25 heavy (non-hydrogen) atoms. The summed E-state index contributed by atoms with van der Waals surface area (Å²) in [4.78, 5) is 14.5. The number of nitrogens with one attached hydrogen (secondary N) is 1. The lowest BCUT2D eigenvalue weighted by atomic mass is 10.2. The number of anilines is 1. The molecule has 0 unspecified atom stereocenters. The van der Waals surface area contributed by atoms with E-state index in [4.69, 9.17) is 14.2 Å². The van der Waals surface area contributed by atoms with Crippen LogP contribution in [0.5, 0.6) is 17.2 Å². The first-order chi connectivity index (χ1) is 12.1. The maximum atomic E-state index is 12.7. The summed E-state index contributed by atoms with van der Waals surface area (Å²) < 4.78 is 16.0. The number of hydrogen-bond donors (Lipinski definition) is 1. The van der Waals surface area contributed by atoms with Crippen molar-refractivity contribution in [1.82, 2.24) is 4.90 Å². The number of nitrogens with zero attached hydrogens (tertiary/aromatic N) is 1. The summed E-state index contributed by atoms with van der Waals surface area (Å²) in [7, 11) is 4.63. The van der Waals surface area contributed by atoms with E-state index in [1.807, 2.05) is 18.4 Å². The molecule has 0 atom stereocenters. The second-order valence-electron chi connectivity index (χ2n) is 5.40. The topological polar surface area (TPSA) is 60.0 Å². The van der Waals surface area contributed by atoms with Gasteiger partial charge >= 0.3 is 6.03 Å². The predicted octanol–water partition coefficient (Wildman–Crippen LogP) is 4.22. The lowest BCUT2D eigenvalue weighted by Crippen LogP contribution is -2.35. The first-order valence-electron chi connectivity index (χ1n) is 7.99. The number of hydrogen-bond acceptors (Lipinski definition) is 5. The summed E-state index contributed by atoms with van der Waals surface area (Å²) in [6.07, 6.45) is 0.882. The standard InChI is InChI=1S/C18H24N2O4S/c1-5-7-20(11-13-6-8-25-12-13)18(21)19-14-9-15(22-2)17(24-4)16(10-14)23-3/h6,8-10,12H,5,7,11H2,1-4H3,(H,19,21). The van der Waals surface area contributed by atoms with Crippen LogP contribution in [0.15, 0.2) is 29.0 Å². The van der Waals surface area contributed by atoms with E-state index in [9.17, 15) is 4.79 Å². The SMILES string of the molecule is CCCN(Cc1ccsc1)C(=O)Nc1cc(OC)c(OC)c(OC)c1. The second kappa shape index (κ2) is 9.17. The molecule has 1 N–H and O–H groups in total. The zero-order valence-corrected chi connectivity index (χ0v) is 15.8. The minimum atomic E-state index is -0.165. The minimum Gasteiger partial charge on any atom is -0.493 e. The third-order valence-electron chi connectivity index (χ3n) is 3.65. The summed E-state index contributed by atoms with van der Waals surface area (Å²) in [6.45, 7) is 3.30. The van der Waals surface area contributed by atoms with Crippen LogP contribution in [0.1, 0.15) is 18.9 Å². The number of ether oxygens (including phenoxy) is 3. The van der Waals surface area contributed by atoms with Gasteiger partial charge in [0.25, 0.3) is 0 Å². The second-order valence-corrected chi connectivity index (χ2v) is 6.18. The van der Waals surface area contributed by atoms with Gasteiger partial charge in [-0.25, -0.2) is 4.79 Å². The Morgan fingerprint density at radius 2 is 1.84 bits per heavy atom. The van der Waals surface area contributed by atoms with E-state index in [1.165, 1.54) is 0 Å². The molecule has 0 fully saturated rings. The zero-order valence-electron chi connectivity index (χ0n) is 15.0. The fourth-order valence-corrected chi connectivity index (χ4v) is 3.14. The van der Waals surface area contributed by atoms with Crippen LogP contribution in [0, 0.1) is 0 Å². The van der Waals surface area contributed by atoms with E-state index >= 15 is 0 Å². The highest BCUT2D eigenvalue weighted by Crippen LogP contribution is 2.40. The zero-order chi connectivity index (χ0) is 18.2. The Kier molecular flexibility index (Phi) is 6.94. The molecule has 2 rings (SSSR count). The van der Waals surface area contributed by atoms with Crippen LogP contribution in [-0.4, -0.2) is 38.8 Å². The predicted molar refractivity (Wildman–Crippen MR) is 100 cm³/mol. The Hall–Kier alpha value is -2.41. The van der Waals surface area contributed by atoms with E-state index in [2.05, 4.69) is 10.7 Å². The fraction of sp³-hybridized carbons (Fsp3) is 0.389. The Bertz CT molecular complexity index is 663. The number of urea groups is 1. The first kappa shape index (κ1) is 18.9. The summed E-state index contributed by atoms with van der Waals surface area (Å²) in [6, 6.07) is 5.30. The highest BCUT2D eigenvalue weighted by Gasteiger charge is 2.17. The van der Waals surface area contributed by atoms with Gasteiger partial charge < -0.3 is 24.4 Å². The maximum Gasteiger partial charge on any atom is 0.322 e. The van der Waals surface area contributed by atoms with Gasteiger partial charge in [0.2, 0.25) is 5.75 Å². The molecule has 6 nitrogen and oxygen atoms in total. The molecule has 2 amide bonds. The third-order valence-corrected chi connectivity index (χ3v) is 4.38. The van der Waals surface area contributed by atoms with Crippen molar-refractivity contribution in [2.24, 2.45) is 0 Å². The van der Waals surface area contributed by atoms with Crippen LogP contribution in [0.3, 0.4) is 0 Å². The number of methoxy groups -OCH3 is 3. The van der Waals surface area contributed by atoms with E-state index in [0.29, 0.717) is 36.0 Å². The molecule has 0 spiro atoms. The van der Waals surface area contributed by atoms with E-state index in [0.717, 1.165) is 12.0 Å². The van der Waals surface area contributed by atoms with Crippen LogP contribution in [0.2, 0.25) is 0 Å². The smallest absolute Gasteiger partial charge is 0.322 e. The summed E-state index contributed by atoms with van der Waals surface area (Å²) in [5, 5.41) is 6.98. The Labute approximate surface area is 152 Å².